The van der Waals surface area contributed by atoms with Gasteiger partial charge in [0.15, 0.2) is 0 Å². The Bertz CT molecular complexity index is 543. The SMILES string of the molecule is CC(N)C1CCCN(C(=O)c2cccnc2N2CCOCC2)C1. The van der Waals surface area contributed by atoms with Crippen LogP contribution in [0.25, 0.3) is 0 Å². The number of aromatic nitrogens is 1. The topological polar surface area (TPSA) is 71.7 Å². The minimum absolute atomic E-state index is 0.0740. The summed E-state index contributed by atoms with van der Waals surface area (Å²) < 4.78 is 5.40. The van der Waals surface area contributed by atoms with Crippen molar-refractivity contribution in [3.05, 3.63) is 23.9 Å². The normalized spacial score (nSPS) is 23.7. The number of nitrogens with zero attached hydrogens (tertiary/aromatic N) is 3. The Morgan fingerprint density at radius 3 is 2.91 bits per heavy atom. The van der Waals surface area contributed by atoms with Gasteiger partial charge in [0.25, 0.3) is 5.91 Å². The highest BCUT2D eigenvalue weighted by Crippen LogP contribution is 2.24. The van der Waals surface area contributed by atoms with E-state index in [0.29, 0.717) is 24.7 Å². The molecule has 23 heavy (non-hydrogen) atoms. The van der Waals surface area contributed by atoms with Gasteiger partial charge < -0.3 is 20.3 Å². The van der Waals surface area contributed by atoms with Crippen LogP contribution in [0.1, 0.15) is 30.1 Å². The van der Waals surface area contributed by atoms with Gasteiger partial charge in [0, 0.05) is 38.4 Å². The highest BCUT2D eigenvalue weighted by molar-refractivity contribution is 5.99. The number of hydrogen-bond acceptors (Lipinski definition) is 5. The van der Waals surface area contributed by atoms with Crippen LogP contribution >= 0.6 is 0 Å². The lowest BCUT2D eigenvalue weighted by molar-refractivity contribution is 0.0660. The molecule has 2 saturated heterocycles. The molecule has 2 aliphatic heterocycles. The highest BCUT2D eigenvalue weighted by Gasteiger charge is 2.29. The van der Waals surface area contributed by atoms with Crippen molar-refractivity contribution in [1.82, 2.24) is 9.88 Å². The molecule has 2 fully saturated rings. The zero-order chi connectivity index (χ0) is 16.2. The average Bonchev–Trinajstić information content (AvgIpc) is 2.62. The molecular formula is C17H26N4O2. The first-order valence-corrected chi connectivity index (χ1v) is 8.49. The molecule has 1 aromatic heterocycles. The lowest BCUT2D eigenvalue weighted by Gasteiger charge is -2.36. The van der Waals surface area contributed by atoms with E-state index >= 15 is 0 Å². The monoisotopic (exact) mass is 318 g/mol. The zero-order valence-electron chi connectivity index (χ0n) is 13.8. The number of carbonyl (C=O) groups excluding carboxylic acids is 1. The summed E-state index contributed by atoms with van der Waals surface area (Å²) in [6.45, 7) is 6.50. The van der Waals surface area contributed by atoms with Crippen LogP contribution in [0, 0.1) is 5.92 Å². The van der Waals surface area contributed by atoms with Gasteiger partial charge in [-0.25, -0.2) is 4.98 Å². The molecule has 0 radical (unpaired) electrons. The van der Waals surface area contributed by atoms with E-state index in [-0.39, 0.29) is 11.9 Å². The molecular weight excluding hydrogens is 292 g/mol. The molecule has 6 nitrogen and oxygen atoms in total. The van der Waals surface area contributed by atoms with E-state index in [1.807, 2.05) is 24.0 Å². The quantitative estimate of drug-likeness (QED) is 0.904. The van der Waals surface area contributed by atoms with Gasteiger partial charge >= 0.3 is 0 Å². The first-order valence-electron chi connectivity index (χ1n) is 8.49. The fourth-order valence-electron chi connectivity index (χ4n) is 3.38. The first-order chi connectivity index (χ1) is 11.2. The fraction of sp³-hybridized carbons (Fsp3) is 0.647. The Labute approximate surface area is 137 Å². The predicted molar refractivity (Wildman–Crippen MR) is 89.5 cm³/mol. The molecule has 3 heterocycles. The second kappa shape index (κ2) is 7.27. The van der Waals surface area contributed by atoms with Crippen molar-refractivity contribution >= 4 is 11.7 Å². The molecule has 0 bridgehead atoms. The van der Waals surface area contributed by atoms with Crippen molar-refractivity contribution in [2.24, 2.45) is 11.7 Å². The molecule has 3 rings (SSSR count). The van der Waals surface area contributed by atoms with Crippen molar-refractivity contribution in [3.63, 3.8) is 0 Å². The maximum Gasteiger partial charge on any atom is 0.257 e. The fourth-order valence-corrected chi connectivity index (χ4v) is 3.38. The summed E-state index contributed by atoms with van der Waals surface area (Å²) in [5.41, 5.74) is 6.74. The second-order valence-electron chi connectivity index (χ2n) is 6.49. The van der Waals surface area contributed by atoms with E-state index in [1.165, 1.54) is 0 Å². The van der Waals surface area contributed by atoms with E-state index < -0.39 is 0 Å². The van der Waals surface area contributed by atoms with Gasteiger partial charge in [-0.3, -0.25) is 4.79 Å². The van der Waals surface area contributed by atoms with Crippen molar-refractivity contribution < 1.29 is 9.53 Å². The standard InChI is InChI=1S/C17H26N4O2/c1-13(18)14-4-3-7-21(12-14)17(22)15-5-2-6-19-16(15)20-8-10-23-11-9-20/h2,5-6,13-14H,3-4,7-12,18H2,1H3. The number of anilines is 1. The van der Waals surface area contributed by atoms with Gasteiger partial charge in [0.1, 0.15) is 5.82 Å². The number of nitrogens with two attached hydrogens (primary N) is 1. The molecule has 0 saturated carbocycles. The molecule has 0 aliphatic carbocycles. The van der Waals surface area contributed by atoms with Crippen LogP contribution in [-0.2, 0) is 4.74 Å². The lowest BCUT2D eigenvalue weighted by atomic mass is 9.92. The number of likely N-dealkylation sites (tertiary alicyclic amines) is 1. The third kappa shape index (κ3) is 3.64. The summed E-state index contributed by atoms with van der Waals surface area (Å²) in [4.78, 5) is 21.6. The number of morpholine rings is 1. The third-order valence-electron chi connectivity index (χ3n) is 4.82. The Morgan fingerprint density at radius 2 is 2.17 bits per heavy atom. The molecule has 126 valence electrons. The molecule has 2 aliphatic rings. The number of hydrogen-bond donors (Lipinski definition) is 1. The molecule has 2 atom stereocenters. The van der Waals surface area contributed by atoms with E-state index in [1.54, 1.807) is 6.20 Å². The van der Waals surface area contributed by atoms with Crippen LogP contribution in [0.15, 0.2) is 18.3 Å². The second-order valence-corrected chi connectivity index (χ2v) is 6.49. The molecule has 2 unspecified atom stereocenters. The van der Waals surface area contributed by atoms with Gasteiger partial charge in [0.05, 0.1) is 18.8 Å². The van der Waals surface area contributed by atoms with Gasteiger partial charge in [-0.15, -0.1) is 0 Å². The summed E-state index contributed by atoms with van der Waals surface area (Å²) in [5.74, 6) is 1.24. The minimum Gasteiger partial charge on any atom is -0.378 e. The van der Waals surface area contributed by atoms with Crippen LogP contribution in [0.4, 0.5) is 5.82 Å². The van der Waals surface area contributed by atoms with Crippen LogP contribution in [-0.4, -0.2) is 61.2 Å². The van der Waals surface area contributed by atoms with Crippen LogP contribution < -0.4 is 10.6 Å². The maximum absolute atomic E-state index is 13.0. The van der Waals surface area contributed by atoms with Gasteiger partial charge in [-0.05, 0) is 37.8 Å². The number of carbonyl (C=O) groups is 1. The maximum atomic E-state index is 13.0. The number of amides is 1. The van der Waals surface area contributed by atoms with E-state index in [4.69, 9.17) is 10.5 Å². The first kappa shape index (κ1) is 16.2. The summed E-state index contributed by atoms with van der Waals surface area (Å²) in [7, 11) is 0. The Hall–Kier alpha value is -1.66. The highest BCUT2D eigenvalue weighted by atomic mass is 16.5. The van der Waals surface area contributed by atoms with Crippen molar-refractivity contribution in [2.75, 3.05) is 44.3 Å². The van der Waals surface area contributed by atoms with Crippen molar-refractivity contribution in [2.45, 2.75) is 25.8 Å². The molecule has 6 heteroatoms. The van der Waals surface area contributed by atoms with Crippen LogP contribution in [0.3, 0.4) is 0 Å². The van der Waals surface area contributed by atoms with E-state index in [0.717, 1.165) is 44.8 Å². The average molecular weight is 318 g/mol. The van der Waals surface area contributed by atoms with E-state index in [9.17, 15) is 4.79 Å². The Balaban J connectivity index is 1.79. The summed E-state index contributed by atoms with van der Waals surface area (Å²) in [6.07, 6.45) is 3.87. The molecule has 0 aromatic carbocycles. The van der Waals surface area contributed by atoms with E-state index in [2.05, 4.69) is 9.88 Å². The largest absolute Gasteiger partial charge is 0.378 e. The van der Waals surface area contributed by atoms with Crippen molar-refractivity contribution in [3.8, 4) is 0 Å². The van der Waals surface area contributed by atoms with Crippen LogP contribution in [0.5, 0.6) is 0 Å². The lowest BCUT2D eigenvalue weighted by Crippen LogP contribution is -2.45. The Kier molecular flexibility index (Phi) is 5.13. The predicted octanol–water partition coefficient (Wildman–Crippen LogP) is 1.12. The number of ether oxygens (including phenoxy) is 1. The smallest absolute Gasteiger partial charge is 0.257 e. The summed E-state index contributed by atoms with van der Waals surface area (Å²) in [5, 5.41) is 0. The minimum atomic E-state index is 0.0740. The Morgan fingerprint density at radius 1 is 1.39 bits per heavy atom. The van der Waals surface area contributed by atoms with Gasteiger partial charge in [0.2, 0.25) is 0 Å². The van der Waals surface area contributed by atoms with Gasteiger partial charge in [-0.2, -0.15) is 0 Å². The number of pyridine rings is 1. The van der Waals surface area contributed by atoms with Crippen molar-refractivity contribution in [1.29, 1.82) is 0 Å². The van der Waals surface area contributed by atoms with Gasteiger partial charge in [-0.1, -0.05) is 0 Å². The summed E-state index contributed by atoms with van der Waals surface area (Å²) >= 11 is 0. The number of rotatable bonds is 3. The molecule has 1 aromatic rings. The summed E-state index contributed by atoms with van der Waals surface area (Å²) in [6, 6.07) is 3.85. The zero-order valence-corrected chi connectivity index (χ0v) is 13.8. The molecule has 2 N–H and O–H groups in total. The number of piperidine rings is 1. The molecule has 1 amide bonds. The molecule has 0 spiro atoms. The third-order valence-corrected chi connectivity index (χ3v) is 4.82. The van der Waals surface area contributed by atoms with Crippen LogP contribution in [0.2, 0.25) is 0 Å².